The van der Waals surface area contributed by atoms with Crippen LogP contribution in [0.1, 0.15) is 5.71 Å². The van der Waals surface area contributed by atoms with Gasteiger partial charge >= 0.3 is 46.1 Å². The predicted octanol–water partition coefficient (Wildman–Crippen LogP) is -0.317. The maximum atomic E-state index is 0. The first-order valence-electron chi connectivity index (χ1n) is 0. The minimum atomic E-state index is 0. The van der Waals surface area contributed by atoms with Crippen molar-refractivity contribution in [1.82, 2.24) is 0 Å². The van der Waals surface area contributed by atoms with Crippen molar-refractivity contribution >= 4 is 46.1 Å². The molecule has 0 aromatic rings. The summed E-state index contributed by atoms with van der Waals surface area (Å²) in [6.07, 6.45) is 0. The van der Waals surface area contributed by atoms with Crippen LogP contribution < -0.4 is 0 Å². The van der Waals surface area contributed by atoms with Gasteiger partial charge < -0.3 is 5.71 Å². The molecule has 30 valence electrons. The van der Waals surface area contributed by atoms with E-state index < -0.39 is 0 Å². The van der Waals surface area contributed by atoms with Crippen molar-refractivity contribution in [3.63, 3.8) is 0 Å². The first-order valence-corrected chi connectivity index (χ1v) is 0. The third-order valence-electron chi connectivity index (χ3n) is 0. The molecule has 0 saturated carbocycles. The Balaban J connectivity index is 0. The normalized spacial score (nSPS) is 0. The zero-order valence-electron chi connectivity index (χ0n) is 6.02. The van der Waals surface area contributed by atoms with E-state index in [9.17, 15) is 0 Å². The fourth-order valence-electron chi connectivity index (χ4n) is 0. The van der Waals surface area contributed by atoms with Crippen LogP contribution >= 0.6 is 0 Å². The number of hydrogen-bond donors (Lipinski definition) is 0. The van der Waals surface area contributed by atoms with Crippen LogP contribution in [0, 0.1) is 0 Å². The van der Waals surface area contributed by atoms with Crippen molar-refractivity contribution in [2.45, 2.75) is 0 Å². The van der Waals surface area contributed by atoms with Gasteiger partial charge in [-0.25, -0.2) is 0 Å². The van der Waals surface area contributed by atoms with Gasteiger partial charge in [-0.3, -0.25) is 0 Å². The molecule has 0 aliphatic heterocycles. The Kier molecular flexibility index (Phi) is 125. The zero-order valence-corrected chi connectivity index (χ0v) is 7.27. The van der Waals surface area contributed by atoms with Gasteiger partial charge in [-0.2, -0.15) is 0 Å². The van der Waals surface area contributed by atoms with E-state index in [1.165, 1.54) is 0 Å². The van der Waals surface area contributed by atoms with Gasteiger partial charge in [0.15, 0.2) is 0 Å². The quantitative estimate of drug-likeness (QED) is 0.495. The molecule has 0 aromatic heterocycles. The molecule has 0 saturated heterocycles. The molecule has 0 bridgehead atoms. The molecular weight excluding hydrogens is 220 g/mol. The van der Waals surface area contributed by atoms with Gasteiger partial charge in [-0.05, 0) is 0 Å². The predicted molar refractivity (Wildman–Crippen MR) is 16.0 cm³/mol. The van der Waals surface area contributed by atoms with Crippen LogP contribution in [0.15, 0.2) is 0 Å². The second kappa shape index (κ2) is 17.1. The Labute approximate surface area is 90.1 Å². The maximum absolute atomic E-state index is 0. The molecule has 0 unspecified atom stereocenters. The van der Waals surface area contributed by atoms with E-state index in [4.69, 9.17) is 0 Å². The molecule has 4 heteroatoms. The van der Waals surface area contributed by atoms with Crippen LogP contribution in [0.2, 0.25) is 0 Å². The molecule has 0 rings (SSSR count). The Morgan fingerprint density at radius 3 is 1.00 bits per heavy atom. The van der Waals surface area contributed by atoms with E-state index in [2.05, 4.69) is 0 Å². The molecule has 0 aliphatic rings. The molecule has 0 fully saturated rings. The van der Waals surface area contributed by atoms with Crippen molar-refractivity contribution in [1.29, 1.82) is 0 Å². The molecule has 2 radical (unpaired) electrons. The van der Waals surface area contributed by atoms with E-state index in [1.807, 2.05) is 0 Å². The molecule has 0 aromatic carbocycles. The largest absolute Gasteiger partial charge is 2.00 e. The monoisotopic (exact) mass is 222 g/mol. The molecule has 0 amide bonds. The summed E-state index contributed by atoms with van der Waals surface area (Å²) in [5.74, 6) is 0. The van der Waals surface area contributed by atoms with Gasteiger partial charge in [-0.1, -0.05) is 0 Å². The fourth-order valence-corrected chi connectivity index (χ4v) is 0. The molecular formula is H4AgCuMg2. The Morgan fingerprint density at radius 2 is 1.00 bits per heavy atom. The molecule has 4 heavy (non-hydrogen) atoms. The third kappa shape index (κ3) is 8.84. The average Bonchev–Trinajstić information content (AvgIpc) is 0. The summed E-state index contributed by atoms with van der Waals surface area (Å²) in [5.41, 5.74) is 0. The summed E-state index contributed by atoms with van der Waals surface area (Å²) in [5, 5.41) is 0. The molecule has 0 atom stereocenters. The van der Waals surface area contributed by atoms with Gasteiger partial charge in [-0.15, -0.1) is 0 Å². The summed E-state index contributed by atoms with van der Waals surface area (Å²) in [4.78, 5) is 0. The van der Waals surface area contributed by atoms with Gasteiger partial charge in [0.2, 0.25) is 0 Å². The topological polar surface area (TPSA) is 0 Å². The molecule has 0 spiro atoms. The van der Waals surface area contributed by atoms with Crippen molar-refractivity contribution < 1.29 is 45.2 Å². The van der Waals surface area contributed by atoms with Gasteiger partial charge in [0.25, 0.3) is 0 Å². The summed E-state index contributed by atoms with van der Waals surface area (Å²) >= 11 is 0. The van der Waals surface area contributed by atoms with Crippen molar-refractivity contribution in [2.24, 2.45) is 0 Å². The second-order valence-electron chi connectivity index (χ2n) is 0. The fraction of sp³-hybridized carbons (Fsp3) is 0. The smallest absolute Gasteiger partial charge is 1.00 e. The molecule has 0 N–H and O–H groups in total. The number of hydrogen-bond acceptors (Lipinski definition) is 0. The summed E-state index contributed by atoms with van der Waals surface area (Å²) in [6, 6.07) is 0. The maximum Gasteiger partial charge on any atom is 2.00 e. The first-order chi connectivity index (χ1) is 0. The van der Waals surface area contributed by atoms with Gasteiger partial charge in [0.1, 0.15) is 0 Å². The molecule has 0 heterocycles. The van der Waals surface area contributed by atoms with Crippen LogP contribution in [0.25, 0.3) is 0 Å². The molecule has 0 aliphatic carbocycles. The minimum Gasteiger partial charge on any atom is -1.00 e. The van der Waals surface area contributed by atoms with Crippen molar-refractivity contribution in [3.05, 3.63) is 0 Å². The summed E-state index contributed by atoms with van der Waals surface area (Å²) in [6.45, 7) is 0. The van der Waals surface area contributed by atoms with E-state index in [0.717, 1.165) is 0 Å². The van der Waals surface area contributed by atoms with Gasteiger partial charge in [0.05, 0.1) is 0 Å². The average molecular weight is 224 g/mol. The SMILES string of the molecule is [Ag].[Cu].[H-].[H-].[H-].[H-].[Mg+2].[Mg+2]. The second-order valence-corrected chi connectivity index (χ2v) is 0. The van der Waals surface area contributed by atoms with Gasteiger partial charge in [0, 0.05) is 39.4 Å². The summed E-state index contributed by atoms with van der Waals surface area (Å²) < 4.78 is 0. The minimum absolute atomic E-state index is 0. The van der Waals surface area contributed by atoms with Crippen LogP contribution in [0.5, 0.6) is 0 Å². The Bertz CT molecular complexity index is 14.0. The Morgan fingerprint density at radius 1 is 1.00 bits per heavy atom. The van der Waals surface area contributed by atoms with Crippen LogP contribution in [-0.4, -0.2) is 46.1 Å². The third-order valence-corrected chi connectivity index (χ3v) is 0. The van der Waals surface area contributed by atoms with Crippen molar-refractivity contribution in [2.75, 3.05) is 0 Å². The van der Waals surface area contributed by atoms with Crippen molar-refractivity contribution in [3.8, 4) is 0 Å². The standard InChI is InChI=1S/Ag.Cu.2Mg.4H/q;;2*+2;4*-1. The number of rotatable bonds is 0. The van der Waals surface area contributed by atoms with E-state index in [0.29, 0.717) is 0 Å². The van der Waals surface area contributed by atoms with Crippen LogP contribution in [0.3, 0.4) is 0 Å². The van der Waals surface area contributed by atoms with Crippen LogP contribution in [-0.2, 0) is 39.4 Å². The van der Waals surface area contributed by atoms with E-state index >= 15 is 0 Å². The first kappa shape index (κ1) is 29.2. The molecule has 0 nitrogen and oxygen atoms in total. The summed E-state index contributed by atoms with van der Waals surface area (Å²) in [7, 11) is 0. The van der Waals surface area contributed by atoms with E-state index in [1.54, 1.807) is 0 Å². The van der Waals surface area contributed by atoms with E-state index in [-0.39, 0.29) is 91.3 Å². The Hall–Kier alpha value is 2.79. The zero-order chi connectivity index (χ0) is 0. The van der Waals surface area contributed by atoms with Crippen LogP contribution in [0.4, 0.5) is 0 Å².